The van der Waals surface area contributed by atoms with Gasteiger partial charge in [0.15, 0.2) is 0 Å². The number of piperazine rings is 1. The maximum Gasteiger partial charge on any atom is 0.247 e. The van der Waals surface area contributed by atoms with Gasteiger partial charge in [0.25, 0.3) is 0 Å². The quantitative estimate of drug-likeness (QED) is 0.858. The third-order valence-corrected chi connectivity index (χ3v) is 3.98. The average molecular weight is 332 g/mol. The van der Waals surface area contributed by atoms with Gasteiger partial charge in [0.2, 0.25) is 11.8 Å². The van der Waals surface area contributed by atoms with Gasteiger partial charge in [-0.1, -0.05) is 11.6 Å². The molecule has 0 spiro atoms. The topological polar surface area (TPSA) is 49.4 Å². The number of rotatable bonds is 1. The van der Waals surface area contributed by atoms with E-state index >= 15 is 0 Å². The Labute approximate surface area is 118 Å². The molecule has 0 aliphatic carbocycles. The summed E-state index contributed by atoms with van der Waals surface area (Å²) in [4.78, 5) is 25.0. The molecule has 1 aromatic rings. The molecule has 96 valence electrons. The summed E-state index contributed by atoms with van der Waals surface area (Å²) in [5.41, 5.74) is 1.53. The minimum atomic E-state index is -0.540. The first-order valence-electron chi connectivity index (χ1n) is 5.47. The predicted molar refractivity (Wildman–Crippen MR) is 73.8 cm³/mol. The standard InChI is InChI=1S/C12H12BrClN2O2/c1-6-3-8(13)10(4-9(6)14)16-7(2)12(18)15-5-11(16)17/h3-4,7H,5H2,1-2H3,(H,15,18). The van der Waals surface area contributed by atoms with Gasteiger partial charge < -0.3 is 5.32 Å². The molecule has 0 aromatic heterocycles. The van der Waals surface area contributed by atoms with Crippen molar-refractivity contribution in [2.45, 2.75) is 19.9 Å². The van der Waals surface area contributed by atoms with Crippen LogP contribution in [0.2, 0.25) is 5.02 Å². The second-order valence-electron chi connectivity index (χ2n) is 4.21. The van der Waals surface area contributed by atoms with Crippen LogP contribution >= 0.6 is 27.5 Å². The van der Waals surface area contributed by atoms with E-state index in [1.54, 1.807) is 13.0 Å². The summed E-state index contributed by atoms with van der Waals surface area (Å²) in [6.07, 6.45) is 0. The van der Waals surface area contributed by atoms with E-state index in [1.807, 2.05) is 13.0 Å². The minimum absolute atomic E-state index is 0.0150. The average Bonchev–Trinajstić information content (AvgIpc) is 2.31. The molecule has 2 rings (SSSR count). The van der Waals surface area contributed by atoms with Crippen molar-refractivity contribution in [3.05, 3.63) is 27.2 Å². The number of benzene rings is 1. The molecule has 1 N–H and O–H groups in total. The van der Waals surface area contributed by atoms with Crippen molar-refractivity contribution < 1.29 is 9.59 Å². The number of anilines is 1. The first-order valence-corrected chi connectivity index (χ1v) is 6.64. The smallest absolute Gasteiger partial charge is 0.247 e. The Balaban J connectivity index is 2.49. The van der Waals surface area contributed by atoms with E-state index < -0.39 is 6.04 Å². The Bertz CT molecular complexity index is 533. The van der Waals surface area contributed by atoms with Gasteiger partial charge >= 0.3 is 0 Å². The normalized spacial score (nSPS) is 20.0. The Hall–Kier alpha value is -1.07. The number of nitrogens with one attached hydrogen (secondary N) is 1. The molecule has 1 aromatic carbocycles. The molecule has 1 saturated heterocycles. The molecule has 1 heterocycles. The lowest BCUT2D eigenvalue weighted by atomic mass is 10.1. The Morgan fingerprint density at radius 1 is 1.44 bits per heavy atom. The molecule has 1 aliphatic rings. The molecule has 1 atom stereocenters. The van der Waals surface area contributed by atoms with E-state index in [0.29, 0.717) is 10.7 Å². The number of carbonyl (C=O) groups excluding carboxylic acids is 2. The Morgan fingerprint density at radius 2 is 2.11 bits per heavy atom. The third kappa shape index (κ3) is 2.24. The lowest BCUT2D eigenvalue weighted by Gasteiger charge is -2.33. The van der Waals surface area contributed by atoms with Gasteiger partial charge in [-0.2, -0.15) is 0 Å². The summed E-state index contributed by atoms with van der Waals surface area (Å²) in [5.74, 6) is -0.319. The van der Waals surface area contributed by atoms with Gasteiger partial charge in [-0.3, -0.25) is 14.5 Å². The molecular weight excluding hydrogens is 320 g/mol. The molecule has 0 bridgehead atoms. The molecule has 1 unspecified atom stereocenters. The first kappa shape index (κ1) is 13.4. The van der Waals surface area contributed by atoms with Crippen molar-refractivity contribution in [1.82, 2.24) is 5.32 Å². The van der Waals surface area contributed by atoms with E-state index in [0.717, 1.165) is 10.0 Å². The molecule has 1 fully saturated rings. The highest BCUT2D eigenvalue weighted by Gasteiger charge is 2.33. The predicted octanol–water partition coefficient (Wildman–Crippen LogP) is 2.26. The second kappa shape index (κ2) is 4.90. The van der Waals surface area contributed by atoms with Crippen LogP contribution < -0.4 is 10.2 Å². The van der Waals surface area contributed by atoms with E-state index in [1.165, 1.54) is 4.90 Å². The summed E-state index contributed by atoms with van der Waals surface area (Å²) in [6, 6.07) is 3.00. The number of carbonyl (C=O) groups is 2. The summed E-state index contributed by atoms with van der Waals surface area (Å²) in [7, 11) is 0. The Morgan fingerprint density at radius 3 is 2.78 bits per heavy atom. The Kier molecular flexibility index (Phi) is 3.64. The van der Waals surface area contributed by atoms with Crippen LogP contribution in [0, 0.1) is 6.92 Å². The summed E-state index contributed by atoms with van der Waals surface area (Å²) in [6.45, 7) is 3.58. The number of amides is 2. The van der Waals surface area contributed by atoms with Crippen molar-refractivity contribution in [3.8, 4) is 0 Å². The zero-order valence-electron chi connectivity index (χ0n) is 9.96. The number of aryl methyl sites for hydroxylation is 1. The number of nitrogens with zero attached hydrogens (tertiary/aromatic N) is 1. The fourth-order valence-corrected chi connectivity index (χ4v) is 2.70. The van der Waals surface area contributed by atoms with Crippen LogP contribution in [0.4, 0.5) is 5.69 Å². The van der Waals surface area contributed by atoms with Gasteiger partial charge in [0, 0.05) is 9.50 Å². The molecule has 2 amide bonds. The highest BCUT2D eigenvalue weighted by atomic mass is 79.9. The van der Waals surface area contributed by atoms with E-state index in [9.17, 15) is 9.59 Å². The number of hydrogen-bond acceptors (Lipinski definition) is 2. The molecule has 4 nitrogen and oxygen atoms in total. The van der Waals surface area contributed by atoms with Crippen LogP contribution in [-0.2, 0) is 9.59 Å². The molecule has 0 radical (unpaired) electrons. The number of hydrogen-bond donors (Lipinski definition) is 1. The zero-order chi connectivity index (χ0) is 13.4. The monoisotopic (exact) mass is 330 g/mol. The largest absolute Gasteiger partial charge is 0.345 e. The van der Waals surface area contributed by atoms with Crippen molar-refractivity contribution in [3.63, 3.8) is 0 Å². The highest BCUT2D eigenvalue weighted by molar-refractivity contribution is 9.10. The maximum atomic E-state index is 11.9. The third-order valence-electron chi connectivity index (χ3n) is 2.94. The SMILES string of the molecule is Cc1cc(Br)c(N2C(=O)CNC(=O)C2C)cc1Cl. The highest BCUT2D eigenvalue weighted by Crippen LogP contribution is 2.33. The summed E-state index contributed by atoms with van der Waals surface area (Å²) in [5, 5.41) is 3.12. The van der Waals surface area contributed by atoms with Crippen molar-refractivity contribution in [1.29, 1.82) is 0 Å². The maximum absolute atomic E-state index is 11.9. The minimum Gasteiger partial charge on any atom is -0.345 e. The lowest BCUT2D eigenvalue weighted by molar-refractivity contribution is -0.130. The van der Waals surface area contributed by atoms with Crippen LogP contribution in [-0.4, -0.2) is 24.4 Å². The van der Waals surface area contributed by atoms with Crippen molar-refractivity contribution in [2.75, 3.05) is 11.4 Å². The van der Waals surface area contributed by atoms with E-state index in [4.69, 9.17) is 11.6 Å². The van der Waals surface area contributed by atoms with E-state index in [2.05, 4.69) is 21.2 Å². The van der Waals surface area contributed by atoms with Crippen LogP contribution in [0.3, 0.4) is 0 Å². The second-order valence-corrected chi connectivity index (χ2v) is 5.47. The van der Waals surface area contributed by atoms with Crippen LogP contribution in [0.25, 0.3) is 0 Å². The van der Waals surface area contributed by atoms with E-state index in [-0.39, 0.29) is 18.4 Å². The fraction of sp³-hybridized carbons (Fsp3) is 0.333. The summed E-state index contributed by atoms with van der Waals surface area (Å²) < 4.78 is 0.749. The van der Waals surface area contributed by atoms with Crippen molar-refractivity contribution >= 4 is 45.0 Å². The zero-order valence-corrected chi connectivity index (χ0v) is 12.3. The van der Waals surface area contributed by atoms with Crippen molar-refractivity contribution in [2.24, 2.45) is 0 Å². The number of halogens is 2. The summed E-state index contributed by atoms with van der Waals surface area (Å²) >= 11 is 9.48. The fourth-order valence-electron chi connectivity index (χ4n) is 1.89. The van der Waals surface area contributed by atoms with Crippen LogP contribution in [0.5, 0.6) is 0 Å². The van der Waals surface area contributed by atoms with Crippen LogP contribution in [0.1, 0.15) is 12.5 Å². The van der Waals surface area contributed by atoms with Gasteiger partial charge in [-0.05, 0) is 47.5 Å². The van der Waals surface area contributed by atoms with Gasteiger partial charge in [-0.15, -0.1) is 0 Å². The lowest BCUT2D eigenvalue weighted by Crippen LogP contribution is -2.57. The van der Waals surface area contributed by atoms with Gasteiger partial charge in [-0.25, -0.2) is 0 Å². The van der Waals surface area contributed by atoms with Crippen LogP contribution in [0.15, 0.2) is 16.6 Å². The van der Waals surface area contributed by atoms with Gasteiger partial charge in [0.05, 0.1) is 12.2 Å². The van der Waals surface area contributed by atoms with Gasteiger partial charge in [0.1, 0.15) is 6.04 Å². The molecule has 18 heavy (non-hydrogen) atoms. The molecule has 6 heteroatoms. The first-order chi connectivity index (χ1) is 8.41. The molecule has 0 saturated carbocycles. The molecule has 1 aliphatic heterocycles. The molecular formula is C12H12BrClN2O2.